The van der Waals surface area contributed by atoms with Gasteiger partial charge in [0.2, 0.25) is 5.95 Å². The Hall–Kier alpha value is -1.56. The molecule has 0 radical (unpaired) electrons. The summed E-state index contributed by atoms with van der Waals surface area (Å²) >= 11 is 0. The average molecular weight is 250 g/mol. The average Bonchev–Trinajstić information content (AvgIpc) is 2.76. The van der Waals surface area contributed by atoms with E-state index in [4.69, 9.17) is 5.73 Å². The first-order valence-corrected chi connectivity index (χ1v) is 6.37. The van der Waals surface area contributed by atoms with Crippen molar-refractivity contribution in [3.8, 4) is 0 Å². The van der Waals surface area contributed by atoms with E-state index in [0.29, 0.717) is 5.95 Å². The summed E-state index contributed by atoms with van der Waals surface area (Å²) in [6.45, 7) is 3.91. The van der Waals surface area contributed by atoms with Crippen LogP contribution in [0.4, 0.5) is 5.95 Å². The second-order valence-corrected chi connectivity index (χ2v) is 4.92. The van der Waals surface area contributed by atoms with E-state index in [9.17, 15) is 0 Å². The van der Waals surface area contributed by atoms with Crippen LogP contribution in [-0.4, -0.2) is 44.9 Å². The Morgan fingerprint density at radius 1 is 1.33 bits per heavy atom. The highest BCUT2D eigenvalue weighted by atomic mass is 15.3. The van der Waals surface area contributed by atoms with E-state index < -0.39 is 0 Å². The Bertz CT molecular complexity index is 536. The first kappa shape index (κ1) is 12.9. The van der Waals surface area contributed by atoms with Crippen LogP contribution in [0.5, 0.6) is 0 Å². The number of nitrogens with zero attached hydrogens (tertiary/aromatic N) is 5. The summed E-state index contributed by atoms with van der Waals surface area (Å²) in [5.41, 5.74) is 9.04. The fraction of sp³-hybridized carbons (Fsp3) is 0.667. The lowest BCUT2D eigenvalue weighted by atomic mass is 10.2. The van der Waals surface area contributed by atoms with Gasteiger partial charge in [0.25, 0.3) is 0 Å². The highest BCUT2D eigenvalue weighted by Crippen LogP contribution is 2.21. The minimum absolute atomic E-state index is 0.581. The van der Waals surface area contributed by atoms with Crippen molar-refractivity contribution in [1.29, 1.82) is 0 Å². The summed E-state index contributed by atoms with van der Waals surface area (Å²) < 4.78 is 3.93. The number of aromatic nitrogens is 4. The molecule has 0 spiro atoms. The number of rotatable bonds is 5. The molecule has 6 heteroatoms. The summed E-state index contributed by atoms with van der Waals surface area (Å²) in [7, 11) is 6.06. The van der Waals surface area contributed by atoms with Gasteiger partial charge in [0.15, 0.2) is 5.65 Å². The van der Waals surface area contributed by atoms with Crippen molar-refractivity contribution in [2.24, 2.45) is 7.05 Å². The molecule has 0 unspecified atom stereocenters. The molecular formula is C12H22N6. The van der Waals surface area contributed by atoms with Gasteiger partial charge in [-0.1, -0.05) is 13.3 Å². The molecule has 0 saturated carbocycles. The summed E-state index contributed by atoms with van der Waals surface area (Å²) in [4.78, 5) is 6.60. The molecule has 2 aromatic heterocycles. The second kappa shape index (κ2) is 4.97. The van der Waals surface area contributed by atoms with E-state index in [-0.39, 0.29) is 0 Å². The molecule has 0 aliphatic heterocycles. The SMILES string of the molecule is CCCc1nn(C)c2c1nc(N)n2CCN(C)C. The molecule has 2 rings (SSSR count). The molecule has 0 aliphatic rings. The maximum absolute atomic E-state index is 6.01. The van der Waals surface area contributed by atoms with Crippen molar-refractivity contribution >= 4 is 17.1 Å². The van der Waals surface area contributed by atoms with Gasteiger partial charge in [0.1, 0.15) is 5.52 Å². The molecule has 2 aromatic rings. The normalized spacial score (nSPS) is 11.8. The number of anilines is 1. The van der Waals surface area contributed by atoms with Crippen LogP contribution in [0.15, 0.2) is 0 Å². The number of likely N-dealkylation sites (N-methyl/N-ethyl adjacent to an activating group) is 1. The standard InChI is InChI=1S/C12H22N6/c1-5-6-9-10-11(17(4)15-9)18(12(13)14-10)8-7-16(2)3/h5-8H2,1-4H3,(H2,13,14). The largest absolute Gasteiger partial charge is 0.369 e. The molecule has 2 heterocycles. The third kappa shape index (κ3) is 2.20. The van der Waals surface area contributed by atoms with Crippen molar-refractivity contribution in [3.05, 3.63) is 5.69 Å². The molecule has 0 bridgehead atoms. The van der Waals surface area contributed by atoms with E-state index >= 15 is 0 Å². The van der Waals surface area contributed by atoms with Crippen LogP contribution in [-0.2, 0) is 20.0 Å². The van der Waals surface area contributed by atoms with Crippen molar-refractivity contribution < 1.29 is 0 Å². The molecule has 0 aromatic carbocycles. The minimum atomic E-state index is 0.581. The second-order valence-electron chi connectivity index (χ2n) is 4.92. The minimum Gasteiger partial charge on any atom is -0.369 e. The summed E-state index contributed by atoms with van der Waals surface area (Å²) in [5.74, 6) is 0.581. The first-order chi connectivity index (χ1) is 8.54. The monoisotopic (exact) mass is 250 g/mol. The maximum Gasteiger partial charge on any atom is 0.202 e. The Labute approximate surface area is 107 Å². The number of nitrogens with two attached hydrogens (primary N) is 1. The number of imidazole rings is 1. The van der Waals surface area contributed by atoms with Crippen LogP contribution in [0.1, 0.15) is 19.0 Å². The van der Waals surface area contributed by atoms with Gasteiger partial charge in [0, 0.05) is 20.1 Å². The van der Waals surface area contributed by atoms with Crippen molar-refractivity contribution in [2.45, 2.75) is 26.3 Å². The Morgan fingerprint density at radius 3 is 2.67 bits per heavy atom. The summed E-state index contributed by atoms with van der Waals surface area (Å²) in [6, 6.07) is 0. The quantitative estimate of drug-likeness (QED) is 0.855. The third-order valence-corrected chi connectivity index (χ3v) is 3.08. The molecule has 100 valence electrons. The molecule has 0 amide bonds. The molecular weight excluding hydrogens is 228 g/mol. The molecule has 6 nitrogen and oxygen atoms in total. The zero-order chi connectivity index (χ0) is 13.3. The van der Waals surface area contributed by atoms with Crippen LogP contribution in [0, 0.1) is 0 Å². The fourth-order valence-electron chi connectivity index (χ4n) is 2.18. The summed E-state index contributed by atoms with van der Waals surface area (Å²) in [5, 5.41) is 4.53. The van der Waals surface area contributed by atoms with Gasteiger partial charge in [-0.05, 0) is 20.5 Å². The van der Waals surface area contributed by atoms with Crippen molar-refractivity contribution in [3.63, 3.8) is 0 Å². The van der Waals surface area contributed by atoms with E-state index in [1.54, 1.807) is 0 Å². The van der Waals surface area contributed by atoms with Gasteiger partial charge in [-0.2, -0.15) is 5.10 Å². The van der Waals surface area contributed by atoms with Gasteiger partial charge in [-0.15, -0.1) is 0 Å². The lowest BCUT2D eigenvalue weighted by molar-refractivity contribution is 0.386. The van der Waals surface area contributed by atoms with Crippen LogP contribution in [0.25, 0.3) is 11.2 Å². The van der Waals surface area contributed by atoms with E-state index in [0.717, 1.165) is 42.8 Å². The van der Waals surface area contributed by atoms with Crippen molar-refractivity contribution in [2.75, 3.05) is 26.4 Å². The van der Waals surface area contributed by atoms with Crippen LogP contribution in [0.3, 0.4) is 0 Å². The van der Waals surface area contributed by atoms with E-state index in [2.05, 4.69) is 36.0 Å². The predicted molar refractivity (Wildman–Crippen MR) is 73.5 cm³/mol. The predicted octanol–water partition coefficient (Wildman–Crippen LogP) is 0.866. The Morgan fingerprint density at radius 2 is 2.06 bits per heavy atom. The van der Waals surface area contributed by atoms with E-state index in [1.165, 1.54) is 0 Å². The Kier molecular flexibility index (Phi) is 3.56. The lowest BCUT2D eigenvalue weighted by Crippen LogP contribution is -2.20. The van der Waals surface area contributed by atoms with Crippen LogP contribution >= 0.6 is 0 Å². The number of nitrogen functional groups attached to an aromatic ring is 1. The lowest BCUT2D eigenvalue weighted by Gasteiger charge is -2.11. The fourth-order valence-corrected chi connectivity index (χ4v) is 2.18. The zero-order valence-corrected chi connectivity index (χ0v) is 11.6. The molecule has 18 heavy (non-hydrogen) atoms. The van der Waals surface area contributed by atoms with E-state index in [1.807, 2.05) is 16.3 Å². The van der Waals surface area contributed by atoms with Gasteiger partial charge < -0.3 is 10.6 Å². The zero-order valence-electron chi connectivity index (χ0n) is 11.6. The number of hydrogen-bond donors (Lipinski definition) is 1. The van der Waals surface area contributed by atoms with Gasteiger partial charge in [-0.3, -0.25) is 9.25 Å². The smallest absolute Gasteiger partial charge is 0.202 e. The van der Waals surface area contributed by atoms with Gasteiger partial charge >= 0.3 is 0 Å². The highest BCUT2D eigenvalue weighted by molar-refractivity contribution is 5.77. The molecule has 0 aliphatic carbocycles. The van der Waals surface area contributed by atoms with Crippen molar-refractivity contribution in [1.82, 2.24) is 24.2 Å². The molecule has 0 fully saturated rings. The van der Waals surface area contributed by atoms with Crippen LogP contribution in [0.2, 0.25) is 0 Å². The topological polar surface area (TPSA) is 64.9 Å². The third-order valence-electron chi connectivity index (χ3n) is 3.08. The molecule has 2 N–H and O–H groups in total. The Balaban J connectivity index is 2.43. The van der Waals surface area contributed by atoms with Crippen LogP contribution < -0.4 is 5.73 Å². The number of aryl methyl sites for hydroxylation is 2. The van der Waals surface area contributed by atoms with Gasteiger partial charge in [-0.25, -0.2) is 4.98 Å². The number of fused-ring (bicyclic) bond motifs is 1. The maximum atomic E-state index is 6.01. The first-order valence-electron chi connectivity index (χ1n) is 6.37. The van der Waals surface area contributed by atoms with Gasteiger partial charge in [0.05, 0.1) is 5.69 Å². The molecule has 0 saturated heterocycles. The highest BCUT2D eigenvalue weighted by Gasteiger charge is 2.17. The number of hydrogen-bond acceptors (Lipinski definition) is 4. The summed E-state index contributed by atoms with van der Waals surface area (Å²) in [6.07, 6.45) is 2.01. The molecule has 0 atom stereocenters.